The van der Waals surface area contributed by atoms with Crippen LogP contribution in [0.3, 0.4) is 0 Å². The van der Waals surface area contributed by atoms with Crippen LogP contribution in [-0.2, 0) is 9.53 Å². The van der Waals surface area contributed by atoms with E-state index in [1.165, 1.54) is 18.2 Å². The van der Waals surface area contributed by atoms with Crippen LogP contribution in [0.25, 0.3) is 0 Å². The summed E-state index contributed by atoms with van der Waals surface area (Å²) in [5.41, 5.74) is 0.738. The van der Waals surface area contributed by atoms with Crippen LogP contribution in [-0.4, -0.2) is 65.5 Å². The fourth-order valence-corrected chi connectivity index (χ4v) is 4.77. The number of benzene rings is 2. The van der Waals surface area contributed by atoms with Crippen molar-refractivity contribution in [3.63, 3.8) is 0 Å². The van der Waals surface area contributed by atoms with Crippen molar-refractivity contribution >= 4 is 17.7 Å². The maximum absolute atomic E-state index is 13.7. The van der Waals surface area contributed by atoms with Crippen LogP contribution in [0.1, 0.15) is 53.0 Å². The van der Waals surface area contributed by atoms with Gasteiger partial charge in [-0.05, 0) is 43.2 Å². The first-order valence-electron chi connectivity index (χ1n) is 12.1. The second kappa shape index (κ2) is 10.2. The van der Waals surface area contributed by atoms with Crippen LogP contribution in [0, 0.1) is 18.7 Å². The first-order chi connectivity index (χ1) is 16.7. The van der Waals surface area contributed by atoms with Crippen molar-refractivity contribution in [1.82, 2.24) is 15.1 Å². The molecule has 2 heterocycles. The number of piperidine rings is 1. The molecule has 2 aliphatic rings. The number of nitrogens with zero attached hydrogens (tertiary/aromatic N) is 2. The number of ether oxygens (including phenoxy) is 1. The van der Waals surface area contributed by atoms with Crippen molar-refractivity contribution < 1.29 is 23.5 Å². The Bertz CT molecular complexity index is 1110. The molecule has 0 aromatic heterocycles. The number of hydrogen-bond acceptors (Lipinski definition) is 4. The molecule has 2 aliphatic heterocycles. The lowest BCUT2D eigenvalue weighted by Crippen LogP contribution is -2.60. The summed E-state index contributed by atoms with van der Waals surface area (Å²) in [4.78, 5) is 43.0. The highest BCUT2D eigenvalue weighted by Crippen LogP contribution is 2.39. The molecule has 1 N–H and O–H groups in total. The molecule has 0 aliphatic carbocycles. The lowest BCUT2D eigenvalue weighted by Gasteiger charge is -2.44. The predicted molar refractivity (Wildman–Crippen MR) is 129 cm³/mol. The highest BCUT2D eigenvalue weighted by molar-refractivity contribution is 5.99. The van der Waals surface area contributed by atoms with Crippen molar-refractivity contribution in [1.29, 1.82) is 0 Å². The van der Waals surface area contributed by atoms with Crippen molar-refractivity contribution in [3.8, 4) is 0 Å². The minimum Gasteiger partial charge on any atom is -0.354 e. The Labute approximate surface area is 205 Å². The molecular weight excluding hydrogens is 449 g/mol. The van der Waals surface area contributed by atoms with E-state index in [0.717, 1.165) is 5.56 Å². The van der Waals surface area contributed by atoms with Gasteiger partial charge >= 0.3 is 0 Å². The molecule has 0 bridgehead atoms. The second-order valence-electron chi connectivity index (χ2n) is 9.76. The van der Waals surface area contributed by atoms with Crippen LogP contribution in [0.5, 0.6) is 0 Å². The molecular formula is C27H32FN3O4. The van der Waals surface area contributed by atoms with Crippen LogP contribution in [0.2, 0.25) is 0 Å². The Morgan fingerprint density at radius 2 is 1.71 bits per heavy atom. The van der Waals surface area contributed by atoms with Crippen LogP contribution < -0.4 is 5.32 Å². The number of hydrogen-bond donors (Lipinski definition) is 1. The van der Waals surface area contributed by atoms with E-state index < -0.39 is 17.6 Å². The molecule has 7 nitrogen and oxygen atoms in total. The third kappa shape index (κ3) is 5.22. The summed E-state index contributed by atoms with van der Waals surface area (Å²) in [5.74, 6) is -0.961. The Morgan fingerprint density at radius 3 is 2.34 bits per heavy atom. The largest absolute Gasteiger partial charge is 0.354 e. The number of likely N-dealkylation sites (tertiary alicyclic amines) is 1. The molecule has 186 valence electrons. The summed E-state index contributed by atoms with van der Waals surface area (Å²) < 4.78 is 19.8. The molecule has 2 aromatic carbocycles. The van der Waals surface area contributed by atoms with Gasteiger partial charge in [0.25, 0.3) is 11.8 Å². The Morgan fingerprint density at radius 1 is 1.06 bits per heavy atom. The second-order valence-corrected chi connectivity index (χ2v) is 9.76. The molecule has 35 heavy (non-hydrogen) atoms. The van der Waals surface area contributed by atoms with Crippen molar-refractivity contribution in [2.45, 2.75) is 45.4 Å². The Kier molecular flexibility index (Phi) is 7.21. The maximum Gasteiger partial charge on any atom is 0.256 e. The zero-order chi connectivity index (χ0) is 25.2. The average molecular weight is 482 g/mol. The minimum atomic E-state index is -0.987. The monoisotopic (exact) mass is 481 g/mol. The molecule has 0 radical (unpaired) electrons. The normalized spacial score (nSPS) is 19.3. The summed E-state index contributed by atoms with van der Waals surface area (Å²) in [7, 11) is 0. The molecule has 8 heteroatoms. The van der Waals surface area contributed by atoms with Crippen molar-refractivity contribution in [2.75, 3.05) is 26.2 Å². The number of amides is 3. The van der Waals surface area contributed by atoms with Gasteiger partial charge in [-0.15, -0.1) is 0 Å². The molecule has 0 unspecified atom stereocenters. The molecule has 1 spiro atoms. The number of carbonyl (C=O) groups excluding carboxylic acids is 3. The van der Waals surface area contributed by atoms with E-state index in [9.17, 15) is 18.8 Å². The van der Waals surface area contributed by atoms with E-state index >= 15 is 0 Å². The molecule has 2 aromatic rings. The van der Waals surface area contributed by atoms with Crippen molar-refractivity contribution in [2.24, 2.45) is 5.92 Å². The quantitative estimate of drug-likeness (QED) is 0.710. The van der Waals surface area contributed by atoms with Gasteiger partial charge in [0.15, 0.2) is 0 Å². The van der Waals surface area contributed by atoms with Crippen LogP contribution >= 0.6 is 0 Å². The standard InChI is InChI=1S/C27H32FN3O4/c1-18(2)16-29-24(32)23-17-35-27(31(23)26(34)20-7-4-6-19(3)14-20)10-12-30(13-11-27)25(33)21-8-5-9-22(28)15-21/h4-9,14-15,18,23H,10-13,16-17H2,1-3H3,(H,29,32)/t23-/m0/s1. The van der Waals surface area contributed by atoms with E-state index in [0.29, 0.717) is 38.0 Å². The lowest BCUT2D eigenvalue weighted by molar-refractivity contribution is -0.128. The van der Waals surface area contributed by atoms with E-state index in [1.807, 2.05) is 32.9 Å². The number of rotatable bonds is 5. The van der Waals surface area contributed by atoms with Gasteiger partial charge in [0.1, 0.15) is 17.6 Å². The molecule has 3 amide bonds. The van der Waals surface area contributed by atoms with E-state index in [2.05, 4.69) is 5.32 Å². The number of aryl methyl sites for hydroxylation is 1. The smallest absolute Gasteiger partial charge is 0.256 e. The van der Waals surface area contributed by atoms with Gasteiger partial charge in [-0.2, -0.15) is 0 Å². The SMILES string of the molecule is Cc1cccc(C(=O)N2[C@H](C(=O)NCC(C)C)COC23CCN(C(=O)c2cccc(F)c2)CC3)c1. The topological polar surface area (TPSA) is 79.0 Å². The van der Waals surface area contributed by atoms with Gasteiger partial charge in [-0.25, -0.2) is 4.39 Å². The van der Waals surface area contributed by atoms with Crippen molar-refractivity contribution in [3.05, 3.63) is 71.0 Å². The molecule has 1 atom stereocenters. The lowest BCUT2D eigenvalue weighted by atomic mass is 9.95. The summed E-state index contributed by atoms with van der Waals surface area (Å²) in [6.45, 7) is 7.18. The van der Waals surface area contributed by atoms with Gasteiger partial charge in [-0.1, -0.05) is 37.6 Å². The van der Waals surface area contributed by atoms with E-state index in [1.54, 1.807) is 28.0 Å². The third-order valence-corrected chi connectivity index (χ3v) is 6.64. The number of nitrogens with one attached hydrogen (secondary N) is 1. The van der Waals surface area contributed by atoms with E-state index in [-0.39, 0.29) is 35.8 Å². The zero-order valence-corrected chi connectivity index (χ0v) is 20.4. The minimum absolute atomic E-state index is 0.0966. The van der Waals surface area contributed by atoms with Gasteiger partial charge in [0.05, 0.1) is 6.61 Å². The van der Waals surface area contributed by atoms with Gasteiger partial charge in [0.2, 0.25) is 5.91 Å². The molecule has 2 saturated heterocycles. The third-order valence-electron chi connectivity index (χ3n) is 6.64. The fourth-order valence-electron chi connectivity index (χ4n) is 4.77. The Balaban J connectivity index is 1.57. The average Bonchev–Trinajstić information content (AvgIpc) is 3.20. The summed E-state index contributed by atoms with van der Waals surface area (Å²) in [5, 5.41) is 2.93. The first-order valence-corrected chi connectivity index (χ1v) is 12.1. The van der Waals surface area contributed by atoms with Crippen LogP contribution in [0.15, 0.2) is 48.5 Å². The predicted octanol–water partition coefficient (Wildman–Crippen LogP) is 3.38. The molecule has 4 rings (SSSR count). The molecule has 2 fully saturated rings. The van der Waals surface area contributed by atoms with E-state index in [4.69, 9.17) is 4.74 Å². The fraction of sp³-hybridized carbons (Fsp3) is 0.444. The summed E-state index contributed by atoms with van der Waals surface area (Å²) in [6.07, 6.45) is 0.721. The highest BCUT2D eigenvalue weighted by atomic mass is 19.1. The number of halogens is 1. The van der Waals surface area contributed by atoms with Gasteiger partial charge in [0, 0.05) is 43.6 Å². The first kappa shape index (κ1) is 24.9. The summed E-state index contributed by atoms with van der Waals surface area (Å²) in [6, 6.07) is 12.1. The maximum atomic E-state index is 13.7. The highest BCUT2D eigenvalue weighted by Gasteiger charge is 2.54. The number of carbonyl (C=O) groups is 3. The summed E-state index contributed by atoms with van der Waals surface area (Å²) >= 11 is 0. The zero-order valence-electron chi connectivity index (χ0n) is 20.4. The Hall–Kier alpha value is -3.26. The van der Waals surface area contributed by atoms with Crippen LogP contribution in [0.4, 0.5) is 4.39 Å². The molecule has 0 saturated carbocycles. The van der Waals surface area contributed by atoms with Gasteiger partial charge < -0.3 is 15.0 Å². The van der Waals surface area contributed by atoms with Gasteiger partial charge in [-0.3, -0.25) is 19.3 Å².